The number of nitrogens with one attached hydrogen (secondary N) is 1. The number of epoxide rings is 1. The minimum Gasteiger partial charge on any atom is -0.493 e. The summed E-state index contributed by atoms with van der Waals surface area (Å²) in [4.78, 5) is 0. The van der Waals surface area contributed by atoms with Gasteiger partial charge in [0, 0.05) is 18.0 Å². The standard InChI is InChI=1S/C13H14F3NO2/c1-7(17-12-11(19-12)13(14,15)16)8-3-2-4-10-9(8)5-6-18-10/h2-4,7,11-12,17H,5-6H2,1H3/t7-,11?,12?/m1/s1. The Bertz CT molecular complexity index is 489. The van der Waals surface area contributed by atoms with Gasteiger partial charge in [0.05, 0.1) is 6.61 Å². The van der Waals surface area contributed by atoms with Crippen molar-refractivity contribution in [1.29, 1.82) is 0 Å². The van der Waals surface area contributed by atoms with Crippen molar-refractivity contribution in [3.05, 3.63) is 29.3 Å². The van der Waals surface area contributed by atoms with Gasteiger partial charge in [-0.25, -0.2) is 0 Å². The van der Waals surface area contributed by atoms with Crippen molar-refractivity contribution in [2.45, 2.75) is 37.9 Å². The molecule has 2 aliphatic heterocycles. The van der Waals surface area contributed by atoms with Crippen molar-refractivity contribution in [3.63, 3.8) is 0 Å². The lowest BCUT2D eigenvalue weighted by Crippen LogP contribution is -2.29. The van der Waals surface area contributed by atoms with E-state index in [0.29, 0.717) is 6.61 Å². The minimum atomic E-state index is -4.29. The zero-order valence-corrected chi connectivity index (χ0v) is 10.3. The van der Waals surface area contributed by atoms with Crippen molar-refractivity contribution >= 4 is 0 Å². The number of hydrogen-bond donors (Lipinski definition) is 1. The highest BCUT2D eigenvalue weighted by molar-refractivity contribution is 5.44. The third kappa shape index (κ3) is 2.42. The molecule has 19 heavy (non-hydrogen) atoms. The summed E-state index contributed by atoms with van der Waals surface area (Å²) in [5.41, 5.74) is 2.05. The Morgan fingerprint density at radius 2 is 2.16 bits per heavy atom. The van der Waals surface area contributed by atoms with Crippen LogP contribution in [0.5, 0.6) is 5.75 Å². The quantitative estimate of drug-likeness (QED) is 0.859. The second kappa shape index (κ2) is 4.38. The molecule has 0 amide bonds. The third-order valence-corrected chi connectivity index (χ3v) is 3.47. The Balaban J connectivity index is 1.69. The fraction of sp³-hybridized carbons (Fsp3) is 0.538. The molecule has 104 valence electrons. The van der Waals surface area contributed by atoms with E-state index in [2.05, 4.69) is 10.1 Å². The SMILES string of the molecule is C[C@@H](NC1OC1C(F)(F)F)c1cccc2c1CCO2. The molecule has 0 radical (unpaired) electrons. The van der Waals surface area contributed by atoms with Crippen LogP contribution in [0, 0.1) is 0 Å². The molecule has 0 saturated carbocycles. The van der Waals surface area contributed by atoms with Gasteiger partial charge >= 0.3 is 6.18 Å². The fourth-order valence-corrected chi connectivity index (χ4v) is 2.48. The normalized spacial score (nSPS) is 26.7. The first-order chi connectivity index (χ1) is 8.97. The molecule has 3 atom stereocenters. The van der Waals surface area contributed by atoms with Crippen LogP contribution in [0.2, 0.25) is 0 Å². The van der Waals surface area contributed by atoms with Crippen LogP contribution < -0.4 is 10.1 Å². The van der Waals surface area contributed by atoms with Gasteiger partial charge in [0.25, 0.3) is 0 Å². The van der Waals surface area contributed by atoms with E-state index in [1.807, 2.05) is 25.1 Å². The molecule has 1 aromatic rings. The summed E-state index contributed by atoms with van der Waals surface area (Å²) < 4.78 is 47.2. The van der Waals surface area contributed by atoms with Crippen molar-refractivity contribution in [2.24, 2.45) is 0 Å². The lowest BCUT2D eigenvalue weighted by atomic mass is 9.99. The van der Waals surface area contributed by atoms with Crippen LogP contribution in [0.15, 0.2) is 18.2 Å². The molecule has 2 heterocycles. The molecule has 0 spiro atoms. The lowest BCUT2D eigenvalue weighted by Gasteiger charge is -2.16. The van der Waals surface area contributed by atoms with Crippen molar-refractivity contribution in [3.8, 4) is 5.75 Å². The highest BCUT2D eigenvalue weighted by atomic mass is 19.4. The first kappa shape index (κ1) is 12.7. The van der Waals surface area contributed by atoms with Crippen molar-refractivity contribution in [1.82, 2.24) is 5.32 Å². The summed E-state index contributed by atoms with van der Waals surface area (Å²) in [5.74, 6) is 0.829. The van der Waals surface area contributed by atoms with E-state index in [0.717, 1.165) is 23.3 Å². The molecule has 6 heteroatoms. The Hall–Kier alpha value is -1.27. The van der Waals surface area contributed by atoms with Gasteiger partial charge in [-0.15, -0.1) is 0 Å². The zero-order valence-electron chi connectivity index (χ0n) is 10.3. The van der Waals surface area contributed by atoms with E-state index in [-0.39, 0.29) is 6.04 Å². The Kier molecular flexibility index (Phi) is 2.94. The van der Waals surface area contributed by atoms with Gasteiger partial charge in [-0.2, -0.15) is 13.2 Å². The first-order valence-electron chi connectivity index (χ1n) is 6.19. The third-order valence-electron chi connectivity index (χ3n) is 3.47. The summed E-state index contributed by atoms with van der Waals surface area (Å²) in [7, 11) is 0. The molecule has 2 unspecified atom stereocenters. The topological polar surface area (TPSA) is 33.8 Å². The smallest absolute Gasteiger partial charge is 0.418 e. The molecule has 1 N–H and O–H groups in total. The van der Waals surface area contributed by atoms with Gasteiger partial charge in [0.15, 0.2) is 6.10 Å². The van der Waals surface area contributed by atoms with Crippen molar-refractivity contribution < 1.29 is 22.6 Å². The van der Waals surface area contributed by atoms with E-state index in [1.165, 1.54) is 0 Å². The molecular weight excluding hydrogens is 259 g/mol. The molecule has 1 aromatic carbocycles. The van der Waals surface area contributed by atoms with Gasteiger partial charge in [-0.1, -0.05) is 12.1 Å². The van der Waals surface area contributed by atoms with E-state index in [4.69, 9.17) is 4.74 Å². The monoisotopic (exact) mass is 273 g/mol. The lowest BCUT2D eigenvalue weighted by molar-refractivity contribution is -0.146. The summed E-state index contributed by atoms with van der Waals surface area (Å²) in [6.45, 7) is 2.47. The number of ether oxygens (including phenoxy) is 2. The summed E-state index contributed by atoms with van der Waals surface area (Å²) >= 11 is 0. The second-order valence-electron chi connectivity index (χ2n) is 4.83. The van der Waals surface area contributed by atoms with Crippen LogP contribution in [0.25, 0.3) is 0 Å². The molecule has 0 bridgehead atoms. The summed E-state index contributed by atoms with van der Waals surface area (Å²) in [6, 6.07) is 5.45. The maximum atomic E-state index is 12.4. The first-order valence-corrected chi connectivity index (χ1v) is 6.19. The second-order valence-corrected chi connectivity index (χ2v) is 4.83. The van der Waals surface area contributed by atoms with Crippen LogP contribution in [-0.4, -0.2) is 25.1 Å². The summed E-state index contributed by atoms with van der Waals surface area (Å²) in [5, 5.41) is 2.86. The summed E-state index contributed by atoms with van der Waals surface area (Å²) in [6.07, 6.45) is -6.11. The van der Waals surface area contributed by atoms with Crippen LogP contribution in [0.1, 0.15) is 24.1 Å². The Labute approximate surface area is 108 Å². The predicted molar refractivity (Wildman–Crippen MR) is 61.9 cm³/mol. The molecule has 3 rings (SSSR count). The maximum absolute atomic E-state index is 12.4. The van der Waals surface area contributed by atoms with Gasteiger partial charge in [-0.05, 0) is 18.6 Å². The van der Waals surface area contributed by atoms with E-state index in [1.54, 1.807) is 0 Å². The average molecular weight is 273 g/mol. The highest BCUT2D eigenvalue weighted by Gasteiger charge is 2.58. The number of hydrogen-bond acceptors (Lipinski definition) is 3. The largest absolute Gasteiger partial charge is 0.493 e. The zero-order chi connectivity index (χ0) is 13.6. The average Bonchev–Trinajstić information content (AvgIpc) is 2.96. The molecule has 0 aromatic heterocycles. The van der Waals surface area contributed by atoms with Crippen molar-refractivity contribution in [2.75, 3.05) is 6.61 Å². The minimum absolute atomic E-state index is 0.200. The molecule has 0 aliphatic carbocycles. The number of rotatable bonds is 3. The Morgan fingerprint density at radius 1 is 1.37 bits per heavy atom. The van der Waals surface area contributed by atoms with Crippen LogP contribution >= 0.6 is 0 Å². The van der Waals surface area contributed by atoms with Gasteiger partial charge < -0.3 is 9.47 Å². The van der Waals surface area contributed by atoms with Crippen LogP contribution in [0.4, 0.5) is 13.2 Å². The fourth-order valence-electron chi connectivity index (χ4n) is 2.48. The Morgan fingerprint density at radius 3 is 2.84 bits per heavy atom. The van der Waals surface area contributed by atoms with Crippen LogP contribution in [0.3, 0.4) is 0 Å². The number of benzene rings is 1. The van der Waals surface area contributed by atoms with E-state index < -0.39 is 18.5 Å². The maximum Gasteiger partial charge on any atom is 0.418 e. The molecular formula is C13H14F3NO2. The number of fused-ring (bicyclic) bond motifs is 1. The van der Waals surface area contributed by atoms with Crippen LogP contribution in [-0.2, 0) is 11.2 Å². The van der Waals surface area contributed by atoms with E-state index >= 15 is 0 Å². The van der Waals surface area contributed by atoms with Gasteiger partial charge in [-0.3, -0.25) is 5.32 Å². The number of halogens is 3. The highest BCUT2D eigenvalue weighted by Crippen LogP contribution is 2.38. The predicted octanol–water partition coefficient (Wildman–Crippen LogP) is 2.56. The number of alkyl halides is 3. The van der Waals surface area contributed by atoms with E-state index in [9.17, 15) is 13.2 Å². The van der Waals surface area contributed by atoms with Gasteiger partial charge in [0.1, 0.15) is 12.0 Å². The molecule has 1 fully saturated rings. The van der Waals surface area contributed by atoms with Gasteiger partial charge in [0.2, 0.25) is 0 Å². The molecule has 1 saturated heterocycles. The molecule has 2 aliphatic rings. The molecule has 3 nitrogen and oxygen atoms in total.